The number of urea groups is 1. The van der Waals surface area contributed by atoms with Crippen LogP contribution in [0.25, 0.3) is 11.0 Å². The number of aromatic nitrogens is 3. The average Bonchev–Trinajstić information content (AvgIpc) is 3.14. The van der Waals surface area contributed by atoms with Gasteiger partial charge in [0.25, 0.3) is 0 Å². The van der Waals surface area contributed by atoms with Gasteiger partial charge in [0.1, 0.15) is 5.82 Å². The number of benzene rings is 1. The van der Waals surface area contributed by atoms with Crippen molar-refractivity contribution in [3.63, 3.8) is 0 Å². The van der Waals surface area contributed by atoms with Crippen molar-refractivity contribution in [1.29, 1.82) is 0 Å². The van der Waals surface area contributed by atoms with E-state index in [2.05, 4.69) is 20.3 Å². The molecule has 0 aliphatic rings. The van der Waals surface area contributed by atoms with Crippen LogP contribution in [0.5, 0.6) is 0 Å². The van der Waals surface area contributed by atoms with Gasteiger partial charge in [0.05, 0.1) is 22.2 Å². The van der Waals surface area contributed by atoms with Crippen molar-refractivity contribution >= 4 is 28.4 Å². The van der Waals surface area contributed by atoms with Crippen LogP contribution in [0.1, 0.15) is 22.0 Å². The number of hydrogen-bond donors (Lipinski definition) is 2. The first-order chi connectivity index (χ1) is 11.5. The zero-order chi connectivity index (χ0) is 17.1. The highest BCUT2D eigenvalue weighted by Gasteiger charge is 2.10. The molecule has 2 heterocycles. The molecule has 3 aromatic rings. The third-order valence-corrected chi connectivity index (χ3v) is 4.97. The topological polar surface area (TPSA) is 73.9 Å². The van der Waals surface area contributed by atoms with Gasteiger partial charge in [-0.3, -0.25) is 0 Å². The van der Waals surface area contributed by atoms with Crippen LogP contribution in [-0.4, -0.2) is 39.5 Å². The molecule has 0 atom stereocenters. The molecule has 3 rings (SSSR count). The summed E-state index contributed by atoms with van der Waals surface area (Å²) >= 11 is 1.64. The predicted molar refractivity (Wildman–Crippen MR) is 96.3 cm³/mol. The minimum atomic E-state index is -0.0712. The molecule has 2 N–H and O–H groups in total. The summed E-state index contributed by atoms with van der Waals surface area (Å²) in [7, 11) is 1.81. The molecule has 0 unspecified atom stereocenters. The summed E-state index contributed by atoms with van der Waals surface area (Å²) in [6.07, 6.45) is 0.833. The van der Waals surface area contributed by atoms with Gasteiger partial charge in [-0.15, -0.1) is 11.3 Å². The number of imidazole rings is 1. The lowest BCUT2D eigenvalue weighted by molar-refractivity contribution is 0.209. The monoisotopic (exact) mass is 343 g/mol. The number of H-pyrrole nitrogens is 1. The number of aromatic amines is 1. The van der Waals surface area contributed by atoms with Gasteiger partial charge in [0.2, 0.25) is 0 Å². The lowest BCUT2D eigenvalue weighted by Crippen LogP contribution is -2.37. The molecule has 0 bridgehead atoms. The molecule has 0 aliphatic carbocycles. The van der Waals surface area contributed by atoms with Crippen molar-refractivity contribution in [2.75, 3.05) is 13.6 Å². The highest BCUT2D eigenvalue weighted by molar-refractivity contribution is 7.09. The second-order valence-corrected chi connectivity index (χ2v) is 6.80. The van der Waals surface area contributed by atoms with Crippen LogP contribution < -0.4 is 5.32 Å². The van der Waals surface area contributed by atoms with E-state index in [0.717, 1.165) is 34.5 Å². The third-order valence-electron chi connectivity index (χ3n) is 3.97. The van der Waals surface area contributed by atoms with Gasteiger partial charge in [-0.2, -0.15) is 0 Å². The quantitative estimate of drug-likeness (QED) is 0.748. The van der Waals surface area contributed by atoms with Crippen LogP contribution in [0.15, 0.2) is 23.7 Å². The molecule has 2 amide bonds. The van der Waals surface area contributed by atoms with Crippen molar-refractivity contribution in [1.82, 2.24) is 25.2 Å². The van der Waals surface area contributed by atoms with E-state index in [0.29, 0.717) is 13.1 Å². The Kier molecular flexibility index (Phi) is 4.80. The molecule has 0 spiro atoms. The summed E-state index contributed by atoms with van der Waals surface area (Å²) in [4.78, 5) is 27.0. The summed E-state index contributed by atoms with van der Waals surface area (Å²) in [6, 6.07) is 5.91. The Morgan fingerprint density at radius 1 is 1.38 bits per heavy atom. The van der Waals surface area contributed by atoms with E-state index in [1.807, 2.05) is 44.6 Å². The van der Waals surface area contributed by atoms with E-state index >= 15 is 0 Å². The van der Waals surface area contributed by atoms with Crippen LogP contribution in [0.3, 0.4) is 0 Å². The third kappa shape index (κ3) is 3.73. The van der Waals surface area contributed by atoms with E-state index in [-0.39, 0.29) is 6.03 Å². The van der Waals surface area contributed by atoms with Crippen LogP contribution in [-0.2, 0) is 13.0 Å². The van der Waals surface area contributed by atoms with Crippen molar-refractivity contribution in [2.45, 2.75) is 26.8 Å². The smallest absolute Gasteiger partial charge is 0.317 e. The number of amides is 2. The standard InChI is InChI=1S/C17H21N5OS/c1-11-16(24-10-19-11)6-7-22(3)17(23)18-9-13-4-5-14-15(8-13)21-12(2)20-14/h4-5,8,10H,6-7,9H2,1-3H3,(H,18,23)(H,20,21). The maximum absolute atomic E-state index is 12.2. The van der Waals surface area contributed by atoms with E-state index in [4.69, 9.17) is 0 Å². The second kappa shape index (κ2) is 7.00. The first-order valence-corrected chi connectivity index (χ1v) is 8.74. The Hall–Kier alpha value is -2.41. The van der Waals surface area contributed by atoms with Gasteiger partial charge in [-0.1, -0.05) is 6.07 Å². The molecule has 2 aromatic heterocycles. The molecule has 126 valence electrons. The molecule has 0 saturated heterocycles. The van der Waals surface area contributed by atoms with E-state index in [9.17, 15) is 4.79 Å². The fraction of sp³-hybridized carbons (Fsp3) is 0.353. The number of nitrogens with zero attached hydrogens (tertiary/aromatic N) is 3. The minimum absolute atomic E-state index is 0.0712. The Bertz CT molecular complexity index is 854. The molecular weight excluding hydrogens is 322 g/mol. The fourth-order valence-corrected chi connectivity index (χ4v) is 3.31. The number of thiazole rings is 1. The Labute approximate surface area is 144 Å². The number of likely N-dealkylation sites (N-methyl/N-ethyl adjacent to an activating group) is 1. The van der Waals surface area contributed by atoms with Crippen molar-refractivity contribution in [3.8, 4) is 0 Å². The molecule has 0 saturated carbocycles. The lowest BCUT2D eigenvalue weighted by atomic mass is 10.2. The SMILES string of the molecule is Cc1nc2ccc(CNC(=O)N(C)CCc3scnc3C)cc2[nH]1. The Morgan fingerprint density at radius 3 is 2.96 bits per heavy atom. The summed E-state index contributed by atoms with van der Waals surface area (Å²) in [5.74, 6) is 0.893. The van der Waals surface area contributed by atoms with Gasteiger partial charge >= 0.3 is 6.03 Å². The van der Waals surface area contributed by atoms with Gasteiger partial charge in [0, 0.05) is 31.4 Å². The van der Waals surface area contributed by atoms with Crippen LogP contribution >= 0.6 is 11.3 Å². The van der Waals surface area contributed by atoms with E-state index in [1.54, 1.807) is 16.2 Å². The summed E-state index contributed by atoms with van der Waals surface area (Å²) in [6.45, 7) is 5.10. The molecule has 0 fully saturated rings. The Morgan fingerprint density at radius 2 is 2.21 bits per heavy atom. The van der Waals surface area contributed by atoms with Gasteiger partial charge in [0.15, 0.2) is 0 Å². The van der Waals surface area contributed by atoms with Gasteiger partial charge in [-0.05, 0) is 31.5 Å². The largest absolute Gasteiger partial charge is 0.342 e. The number of nitrogens with one attached hydrogen (secondary N) is 2. The number of aryl methyl sites for hydroxylation is 2. The first-order valence-electron chi connectivity index (χ1n) is 7.86. The zero-order valence-electron chi connectivity index (χ0n) is 14.1. The van der Waals surface area contributed by atoms with Crippen LogP contribution in [0.4, 0.5) is 4.79 Å². The molecule has 0 aliphatic heterocycles. The van der Waals surface area contributed by atoms with Crippen molar-refractivity contribution in [2.24, 2.45) is 0 Å². The fourth-order valence-electron chi connectivity index (χ4n) is 2.54. The normalized spacial score (nSPS) is 11.0. The second-order valence-electron chi connectivity index (χ2n) is 5.86. The molecular formula is C17H21N5OS. The maximum atomic E-state index is 12.2. The highest BCUT2D eigenvalue weighted by atomic mass is 32.1. The predicted octanol–water partition coefficient (Wildman–Crippen LogP) is 3.02. The zero-order valence-corrected chi connectivity index (χ0v) is 14.9. The number of carbonyl (C=O) groups is 1. The van der Waals surface area contributed by atoms with E-state index in [1.165, 1.54) is 4.88 Å². The first kappa shape index (κ1) is 16.4. The summed E-state index contributed by atoms with van der Waals surface area (Å²) in [5, 5.41) is 2.96. The van der Waals surface area contributed by atoms with E-state index < -0.39 is 0 Å². The number of carbonyl (C=O) groups excluding carboxylic acids is 1. The van der Waals surface area contributed by atoms with Gasteiger partial charge in [-0.25, -0.2) is 14.8 Å². The number of rotatable bonds is 5. The number of hydrogen-bond acceptors (Lipinski definition) is 4. The van der Waals surface area contributed by atoms with Gasteiger partial charge < -0.3 is 15.2 Å². The van der Waals surface area contributed by atoms with Crippen molar-refractivity contribution < 1.29 is 4.79 Å². The van der Waals surface area contributed by atoms with Crippen LogP contribution in [0, 0.1) is 13.8 Å². The number of fused-ring (bicyclic) bond motifs is 1. The molecule has 7 heteroatoms. The lowest BCUT2D eigenvalue weighted by Gasteiger charge is -2.17. The molecule has 0 radical (unpaired) electrons. The maximum Gasteiger partial charge on any atom is 0.317 e. The van der Waals surface area contributed by atoms with Crippen molar-refractivity contribution in [3.05, 3.63) is 45.7 Å². The minimum Gasteiger partial charge on any atom is -0.342 e. The average molecular weight is 343 g/mol. The molecule has 24 heavy (non-hydrogen) atoms. The summed E-state index contributed by atoms with van der Waals surface area (Å²) < 4.78 is 0. The molecule has 1 aromatic carbocycles. The highest BCUT2D eigenvalue weighted by Crippen LogP contribution is 2.14. The van der Waals surface area contributed by atoms with Crippen LogP contribution in [0.2, 0.25) is 0 Å². The Balaban J connectivity index is 1.52. The molecule has 6 nitrogen and oxygen atoms in total. The summed E-state index contributed by atoms with van der Waals surface area (Å²) in [5.41, 5.74) is 5.88.